The predicted octanol–water partition coefficient (Wildman–Crippen LogP) is 2.51. The van der Waals surface area contributed by atoms with Crippen LogP contribution in [-0.4, -0.2) is 21.1 Å². The molecule has 1 aromatic carbocycles. The number of fused-ring (bicyclic) bond motifs is 3. The Kier molecular flexibility index (Phi) is 3.23. The van der Waals surface area contributed by atoms with Crippen LogP contribution in [0.2, 0.25) is 0 Å². The summed E-state index contributed by atoms with van der Waals surface area (Å²) in [5.41, 5.74) is 8.58. The second-order valence-electron chi connectivity index (χ2n) is 6.04. The molecule has 1 aliphatic carbocycles. The minimum absolute atomic E-state index is 0.0198. The monoisotopic (exact) mass is 307 g/mol. The number of ketones is 2. The summed E-state index contributed by atoms with van der Waals surface area (Å²) in [7, 11) is 0. The van der Waals surface area contributed by atoms with Gasteiger partial charge in [0.25, 0.3) is 0 Å². The fourth-order valence-corrected chi connectivity index (χ4v) is 3.50. The van der Waals surface area contributed by atoms with Gasteiger partial charge in [-0.15, -0.1) is 0 Å². The number of carbonyl (C=O) groups is 2. The molecule has 0 spiro atoms. The van der Waals surface area contributed by atoms with Crippen LogP contribution in [0.15, 0.2) is 36.5 Å². The number of pyridine rings is 1. The van der Waals surface area contributed by atoms with Crippen molar-refractivity contribution >= 4 is 33.5 Å². The number of hydrogen-bond donors (Lipinski definition) is 1. The molecule has 2 N–H and O–H groups in total. The zero-order valence-electron chi connectivity index (χ0n) is 12.7. The molecule has 1 unspecified atom stereocenters. The van der Waals surface area contributed by atoms with E-state index < -0.39 is 0 Å². The van der Waals surface area contributed by atoms with E-state index in [1.54, 1.807) is 6.20 Å². The van der Waals surface area contributed by atoms with Crippen molar-refractivity contribution in [3.63, 3.8) is 0 Å². The SMILES string of the molecule is NCc1ccc2c(c1)c1cccnc1n2C1CCC(=O)CC1=O. The van der Waals surface area contributed by atoms with E-state index >= 15 is 0 Å². The lowest BCUT2D eigenvalue weighted by Gasteiger charge is -2.23. The summed E-state index contributed by atoms with van der Waals surface area (Å²) < 4.78 is 2.00. The highest BCUT2D eigenvalue weighted by molar-refractivity contribution is 6.09. The van der Waals surface area contributed by atoms with Gasteiger partial charge < -0.3 is 10.3 Å². The molecule has 1 fully saturated rings. The van der Waals surface area contributed by atoms with E-state index in [4.69, 9.17) is 5.73 Å². The minimum Gasteiger partial charge on any atom is -0.326 e. The number of Topliss-reactive ketones (excluding diaryl/α,β-unsaturated/α-hetero) is 2. The number of aromatic nitrogens is 2. The molecule has 116 valence electrons. The molecule has 5 nitrogen and oxygen atoms in total. The molecular formula is C18H17N3O2. The molecule has 2 heterocycles. The lowest BCUT2D eigenvalue weighted by Crippen LogP contribution is -2.27. The van der Waals surface area contributed by atoms with Crippen molar-refractivity contribution in [2.75, 3.05) is 0 Å². The number of benzene rings is 1. The molecule has 3 aromatic rings. The second-order valence-corrected chi connectivity index (χ2v) is 6.04. The fraction of sp³-hybridized carbons (Fsp3) is 0.278. The summed E-state index contributed by atoms with van der Waals surface area (Å²) in [4.78, 5) is 28.5. The van der Waals surface area contributed by atoms with Gasteiger partial charge in [0.2, 0.25) is 0 Å². The molecule has 0 bridgehead atoms. The van der Waals surface area contributed by atoms with Crippen LogP contribution in [0.25, 0.3) is 21.9 Å². The molecule has 2 aromatic heterocycles. The van der Waals surface area contributed by atoms with Crippen LogP contribution in [0.1, 0.15) is 30.9 Å². The molecular weight excluding hydrogens is 290 g/mol. The fourth-order valence-electron chi connectivity index (χ4n) is 3.50. The van der Waals surface area contributed by atoms with Gasteiger partial charge >= 0.3 is 0 Å². The number of nitrogens with zero attached hydrogens (tertiary/aromatic N) is 2. The van der Waals surface area contributed by atoms with Gasteiger partial charge in [0.05, 0.1) is 18.0 Å². The average Bonchev–Trinajstić information content (AvgIpc) is 2.89. The summed E-state index contributed by atoms with van der Waals surface area (Å²) in [5.74, 6) is 0.0130. The van der Waals surface area contributed by atoms with Crippen molar-refractivity contribution in [3.8, 4) is 0 Å². The maximum absolute atomic E-state index is 12.4. The summed E-state index contributed by atoms with van der Waals surface area (Å²) >= 11 is 0. The van der Waals surface area contributed by atoms with E-state index in [0.29, 0.717) is 19.4 Å². The van der Waals surface area contributed by atoms with Crippen LogP contribution in [-0.2, 0) is 16.1 Å². The lowest BCUT2D eigenvalue weighted by atomic mass is 9.92. The highest BCUT2D eigenvalue weighted by atomic mass is 16.2. The molecule has 1 atom stereocenters. The van der Waals surface area contributed by atoms with Gasteiger partial charge in [-0.3, -0.25) is 9.59 Å². The largest absolute Gasteiger partial charge is 0.326 e. The van der Waals surface area contributed by atoms with E-state index in [1.807, 2.05) is 28.8 Å². The van der Waals surface area contributed by atoms with E-state index in [2.05, 4.69) is 11.1 Å². The van der Waals surface area contributed by atoms with Crippen molar-refractivity contribution in [2.45, 2.75) is 31.8 Å². The third-order valence-electron chi connectivity index (χ3n) is 4.61. The van der Waals surface area contributed by atoms with Crippen LogP contribution in [0.4, 0.5) is 0 Å². The van der Waals surface area contributed by atoms with Crippen molar-refractivity contribution < 1.29 is 9.59 Å². The molecule has 1 saturated carbocycles. The van der Waals surface area contributed by atoms with E-state index in [-0.39, 0.29) is 24.0 Å². The van der Waals surface area contributed by atoms with Gasteiger partial charge in [-0.05, 0) is 36.2 Å². The summed E-state index contributed by atoms with van der Waals surface area (Å²) in [5, 5.41) is 2.07. The predicted molar refractivity (Wildman–Crippen MR) is 88.0 cm³/mol. The van der Waals surface area contributed by atoms with Gasteiger partial charge in [-0.2, -0.15) is 0 Å². The van der Waals surface area contributed by atoms with Crippen LogP contribution in [0.3, 0.4) is 0 Å². The molecule has 1 aliphatic rings. The molecule has 0 aliphatic heterocycles. The van der Waals surface area contributed by atoms with E-state index in [0.717, 1.165) is 27.5 Å². The van der Waals surface area contributed by atoms with Gasteiger partial charge in [0.1, 0.15) is 11.4 Å². The lowest BCUT2D eigenvalue weighted by molar-refractivity contribution is -0.131. The maximum atomic E-state index is 12.4. The number of rotatable bonds is 2. The molecule has 23 heavy (non-hydrogen) atoms. The van der Waals surface area contributed by atoms with Crippen LogP contribution >= 0.6 is 0 Å². The van der Waals surface area contributed by atoms with Crippen molar-refractivity contribution in [1.82, 2.24) is 9.55 Å². The normalized spacial score (nSPS) is 18.9. The number of carbonyl (C=O) groups excluding carboxylic acids is 2. The quantitative estimate of drug-likeness (QED) is 0.738. The third kappa shape index (κ3) is 2.16. The minimum atomic E-state index is -0.314. The Morgan fingerprint density at radius 2 is 2.09 bits per heavy atom. The number of hydrogen-bond acceptors (Lipinski definition) is 4. The topological polar surface area (TPSA) is 78.0 Å². The first kappa shape index (κ1) is 14.1. The van der Waals surface area contributed by atoms with E-state index in [9.17, 15) is 9.59 Å². The number of nitrogens with two attached hydrogens (primary N) is 1. The van der Waals surface area contributed by atoms with Gasteiger partial charge in [-0.1, -0.05) is 6.07 Å². The van der Waals surface area contributed by atoms with Crippen LogP contribution in [0.5, 0.6) is 0 Å². The zero-order valence-corrected chi connectivity index (χ0v) is 12.7. The Labute approximate surface area is 133 Å². The van der Waals surface area contributed by atoms with E-state index in [1.165, 1.54) is 0 Å². The Morgan fingerprint density at radius 3 is 2.87 bits per heavy atom. The maximum Gasteiger partial charge on any atom is 0.163 e. The Morgan fingerprint density at radius 1 is 1.22 bits per heavy atom. The average molecular weight is 307 g/mol. The molecule has 5 heteroatoms. The highest BCUT2D eigenvalue weighted by Crippen LogP contribution is 2.35. The zero-order chi connectivity index (χ0) is 16.0. The Balaban J connectivity index is 2.00. The first-order chi connectivity index (χ1) is 11.2. The van der Waals surface area contributed by atoms with Crippen molar-refractivity contribution in [1.29, 1.82) is 0 Å². The van der Waals surface area contributed by atoms with Crippen LogP contribution in [0, 0.1) is 0 Å². The van der Waals surface area contributed by atoms with Crippen LogP contribution < -0.4 is 5.73 Å². The molecule has 4 rings (SSSR count). The first-order valence-electron chi connectivity index (χ1n) is 7.81. The van der Waals surface area contributed by atoms with Gasteiger partial charge in [0, 0.05) is 29.9 Å². The van der Waals surface area contributed by atoms with Gasteiger partial charge in [0.15, 0.2) is 5.78 Å². The summed E-state index contributed by atoms with van der Waals surface area (Å²) in [6.07, 6.45) is 2.76. The summed E-state index contributed by atoms with van der Waals surface area (Å²) in [6.45, 7) is 0.472. The second kappa shape index (κ2) is 5.28. The molecule has 0 radical (unpaired) electrons. The standard InChI is InChI=1S/C18H17N3O2/c19-10-11-3-5-15-14(8-11)13-2-1-7-20-18(13)21(15)16-6-4-12(22)9-17(16)23/h1-3,5,7-8,16H,4,6,9-10,19H2. The Hall–Kier alpha value is -2.53. The first-order valence-corrected chi connectivity index (χ1v) is 7.81. The summed E-state index contributed by atoms with van der Waals surface area (Å²) in [6, 6.07) is 9.65. The van der Waals surface area contributed by atoms with Crippen molar-refractivity contribution in [2.24, 2.45) is 5.73 Å². The Bertz CT molecular complexity index is 942. The van der Waals surface area contributed by atoms with Crippen molar-refractivity contribution in [3.05, 3.63) is 42.1 Å². The molecule has 0 amide bonds. The highest BCUT2D eigenvalue weighted by Gasteiger charge is 2.30. The third-order valence-corrected chi connectivity index (χ3v) is 4.61. The van der Waals surface area contributed by atoms with Gasteiger partial charge in [-0.25, -0.2) is 4.98 Å². The molecule has 0 saturated heterocycles. The smallest absolute Gasteiger partial charge is 0.163 e.